The van der Waals surface area contributed by atoms with E-state index in [0.29, 0.717) is 16.8 Å². The molecule has 3 aromatic rings. The number of rotatable bonds is 8. The molecule has 1 heterocycles. The van der Waals surface area contributed by atoms with Crippen molar-refractivity contribution in [2.24, 2.45) is 5.14 Å². The van der Waals surface area contributed by atoms with Crippen molar-refractivity contribution in [2.75, 3.05) is 11.8 Å². The molecule has 0 saturated heterocycles. The molecule has 1 atom stereocenters. The lowest BCUT2D eigenvalue weighted by Crippen LogP contribution is -2.31. The lowest BCUT2D eigenvalue weighted by atomic mass is 10.1. The van der Waals surface area contributed by atoms with Crippen molar-refractivity contribution in [1.82, 2.24) is 4.90 Å². The van der Waals surface area contributed by atoms with Gasteiger partial charge in [-0.2, -0.15) is 0 Å². The normalized spacial score (nSPS) is 12.8. The molecular formula is C21H23N3O5S3. The molecule has 3 N–H and O–H groups in total. The van der Waals surface area contributed by atoms with Crippen LogP contribution in [0.2, 0.25) is 0 Å². The van der Waals surface area contributed by atoms with E-state index >= 15 is 0 Å². The first-order chi connectivity index (χ1) is 15.0. The molecule has 1 amide bonds. The number of primary sulfonamides is 1. The lowest BCUT2D eigenvalue weighted by molar-refractivity contribution is -0.131. The van der Waals surface area contributed by atoms with Gasteiger partial charge in [-0.05, 0) is 53.8 Å². The number of hydrogen-bond donors (Lipinski definition) is 2. The Kier molecular flexibility index (Phi) is 7.03. The second-order valence-electron chi connectivity index (χ2n) is 7.21. The first-order valence-electron chi connectivity index (χ1n) is 9.51. The Bertz CT molecular complexity index is 1300. The number of amides is 1. The van der Waals surface area contributed by atoms with Crippen LogP contribution in [0.5, 0.6) is 0 Å². The van der Waals surface area contributed by atoms with E-state index in [1.807, 2.05) is 0 Å². The van der Waals surface area contributed by atoms with Crippen molar-refractivity contribution >= 4 is 43.0 Å². The summed E-state index contributed by atoms with van der Waals surface area (Å²) in [5.74, 6) is -0.176. The van der Waals surface area contributed by atoms with Crippen molar-refractivity contribution in [1.29, 1.82) is 0 Å². The lowest BCUT2D eigenvalue weighted by Gasteiger charge is -2.26. The zero-order chi connectivity index (χ0) is 23.5. The monoisotopic (exact) mass is 493 g/mol. The summed E-state index contributed by atoms with van der Waals surface area (Å²) in [4.78, 5) is 14.3. The first-order valence-corrected chi connectivity index (χ1v) is 13.4. The molecule has 0 fully saturated rings. The van der Waals surface area contributed by atoms with Crippen molar-refractivity contribution in [2.45, 2.75) is 28.5 Å². The number of carbonyl (C=O) groups is 1. The van der Waals surface area contributed by atoms with Crippen LogP contribution in [-0.4, -0.2) is 34.7 Å². The number of nitrogens with one attached hydrogen (secondary N) is 1. The maximum Gasteiger partial charge on any atom is 0.271 e. The third kappa shape index (κ3) is 5.74. The Balaban J connectivity index is 1.66. The van der Waals surface area contributed by atoms with Gasteiger partial charge < -0.3 is 4.90 Å². The van der Waals surface area contributed by atoms with Gasteiger partial charge in [-0.1, -0.05) is 30.3 Å². The fraction of sp³-hybridized carbons (Fsp3) is 0.190. The minimum Gasteiger partial charge on any atom is -0.339 e. The van der Waals surface area contributed by atoms with Gasteiger partial charge in [0.2, 0.25) is 15.9 Å². The average Bonchev–Trinajstić information content (AvgIpc) is 3.29. The summed E-state index contributed by atoms with van der Waals surface area (Å²) in [7, 11) is -5.83. The van der Waals surface area contributed by atoms with Crippen molar-refractivity contribution in [3.8, 4) is 0 Å². The van der Waals surface area contributed by atoms with Crippen LogP contribution in [0.1, 0.15) is 24.1 Å². The smallest absolute Gasteiger partial charge is 0.271 e. The number of anilines is 1. The average molecular weight is 494 g/mol. The zero-order valence-electron chi connectivity index (χ0n) is 17.4. The third-order valence-electron chi connectivity index (χ3n) is 4.96. The van der Waals surface area contributed by atoms with Gasteiger partial charge in [-0.15, -0.1) is 11.3 Å². The largest absolute Gasteiger partial charge is 0.339 e. The standard InChI is InChI=1S/C21H23N3O5S3/c1-15(17-5-3-6-19(14-17)31(22,26)27)24(2)20(25)13-16-8-10-18(11-9-16)23-32(28,29)21-7-4-12-30-21/h3-12,14-15,23H,13H2,1-2H3,(H2,22,26,27). The number of likely N-dealkylation sites (N-methyl/N-ethyl adjacent to an activating group) is 1. The zero-order valence-corrected chi connectivity index (χ0v) is 19.9. The molecule has 0 aliphatic carbocycles. The third-order valence-corrected chi connectivity index (χ3v) is 8.65. The van der Waals surface area contributed by atoms with E-state index in [1.54, 1.807) is 61.8 Å². The van der Waals surface area contributed by atoms with Crippen LogP contribution in [0.15, 0.2) is 75.1 Å². The van der Waals surface area contributed by atoms with Gasteiger partial charge in [0, 0.05) is 12.7 Å². The summed E-state index contributed by atoms with van der Waals surface area (Å²) < 4.78 is 50.5. The van der Waals surface area contributed by atoms with Crippen LogP contribution in [0, 0.1) is 0 Å². The van der Waals surface area contributed by atoms with Crippen LogP contribution in [0.3, 0.4) is 0 Å². The number of hydrogen-bond acceptors (Lipinski definition) is 6. The summed E-state index contributed by atoms with van der Waals surface area (Å²) in [5.41, 5.74) is 1.76. The van der Waals surface area contributed by atoms with E-state index in [4.69, 9.17) is 5.14 Å². The SMILES string of the molecule is CC(c1cccc(S(N)(=O)=O)c1)N(C)C(=O)Cc1ccc(NS(=O)(=O)c2cccs2)cc1. The van der Waals surface area contributed by atoms with E-state index in [1.165, 1.54) is 23.1 Å². The van der Waals surface area contributed by atoms with E-state index in [9.17, 15) is 21.6 Å². The Hall–Kier alpha value is -2.73. The Morgan fingerprint density at radius 3 is 2.34 bits per heavy atom. The molecule has 0 aliphatic heterocycles. The molecule has 1 unspecified atom stereocenters. The maximum atomic E-state index is 12.8. The predicted molar refractivity (Wildman–Crippen MR) is 124 cm³/mol. The molecule has 11 heteroatoms. The number of carbonyl (C=O) groups excluding carboxylic acids is 1. The highest BCUT2D eigenvalue weighted by Gasteiger charge is 2.20. The Labute approximate surface area is 191 Å². The summed E-state index contributed by atoms with van der Waals surface area (Å²) in [5, 5.41) is 6.88. The molecule has 0 aliphatic rings. The second kappa shape index (κ2) is 9.41. The molecule has 0 saturated carbocycles. The van der Waals surface area contributed by atoms with Crippen LogP contribution in [-0.2, 0) is 31.3 Å². The van der Waals surface area contributed by atoms with Gasteiger partial charge in [0.15, 0.2) is 0 Å². The highest BCUT2D eigenvalue weighted by atomic mass is 32.2. The minimum atomic E-state index is -3.84. The quantitative estimate of drug-likeness (QED) is 0.499. The summed E-state index contributed by atoms with van der Waals surface area (Å²) in [6, 6.07) is 15.6. The van der Waals surface area contributed by atoms with Crippen molar-refractivity contribution in [3.05, 3.63) is 77.2 Å². The van der Waals surface area contributed by atoms with Crippen molar-refractivity contribution < 1.29 is 21.6 Å². The first kappa shape index (κ1) is 23.9. The maximum absolute atomic E-state index is 12.8. The highest BCUT2D eigenvalue weighted by Crippen LogP contribution is 2.23. The van der Waals surface area contributed by atoms with E-state index in [-0.39, 0.29) is 27.5 Å². The molecule has 2 aromatic carbocycles. The van der Waals surface area contributed by atoms with Gasteiger partial charge in [-0.3, -0.25) is 9.52 Å². The fourth-order valence-electron chi connectivity index (χ4n) is 3.00. The number of benzene rings is 2. The molecular weight excluding hydrogens is 470 g/mol. The van der Waals surface area contributed by atoms with Crippen molar-refractivity contribution in [3.63, 3.8) is 0 Å². The Morgan fingerprint density at radius 1 is 1.06 bits per heavy atom. The Morgan fingerprint density at radius 2 is 1.75 bits per heavy atom. The van der Waals surface area contributed by atoms with Gasteiger partial charge in [-0.25, -0.2) is 22.0 Å². The van der Waals surface area contributed by atoms with Crippen LogP contribution >= 0.6 is 11.3 Å². The minimum absolute atomic E-state index is 0.0108. The van der Waals surface area contributed by atoms with Crippen LogP contribution < -0.4 is 9.86 Å². The molecule has 0 spiro atoms. The van der Waals surface area contributed by atoms with E-state index < -0.39 is 20.0 Å². The number of thiophene rings is 1. The topological polar surface area (TPSA) is 127 Å². The molecule has 170 valence electrons. The molecule has 1 aromatic heterocycles. The van der Waals surface area contributed by atoms with Gasteiger partial charge in [0.25, 0.3) is 10.0 Å². The summed E-state index contributed by atoms with van der Waals surface area (Å²) in [6.07, 6.45) is 0.105. The summed E-state index contributed by atoms with van der Waals surface area (Å²) in [6.45, 7) is 1.79. The molecule has 32 heavy (non-hydrogen) atoms. The van der Waals surface area contributed by atoms with Gasteiger partial charge in [0.1, 0.15) is 4.21 Å². The number of nitrogens with zero attached hydrogens (tertiary/aromatic N) is 1. The van der Waals surface area contributed by atoms with Gasteiger partial charge in [0.05, 0.1) is 17.4 Å². The number of sulfonamides is 2. The number of nitrogens with two attached hydrogens (primary N) is 1. The van der Waals surface area contributed by atoms with E-state index in [2.05, 4.69) is 4.72 Å². The highest BCUT2D eigenvalue weighted by molar-refractivity contribution is 7.94. The fourth-order valence-corrected chi connectivity index (χ4v) is 5.62. The summed E-state index contributed by atoms with van der Waals surface area (Å²) >= 11 is 1.13. The molecule has 0 radical (unpaired) electrons. The van der Waals surface area contributed by atoms with Gasteiger partial charge >= 0.3 is 0 Å². The second-order valence-corrected chi connectivity index (χ2v) is 11.6. The molecule has 3 rings (SSSR count). The predicted octanol–water partition coefficient (Wildman–Crippen LogP) is 2.96. The van der Waals surface area contributed by atoms with Crippen LogP contribution in [0.4, 0.5) is 5.69 Å². The molecule has 0 bridgehead atoms. The molecule has 8 nitrogen and oxygen atoms in total. The van der Waals surface area contributed by atoms with Crippen LogP contribution in [0.25, 0.3) is 0 Å². The van der Waals surface area contributed by atoms with E-state index in [0.717, 1.165) is 11.3 Å².